The number of alkyl halides is 2. The van der Waals surface area contributed by atoms with Crippen LogP contribution in [-0.4, -0.2) is 64.8 Å². The van der Waals surface area contributed by atoms with E-state index in [4.69, 9.17) is 4.74 Å². The number of amides is 1. The van der Waals surface area contributed by atoms with E-state index in [2.05, 4.69) is 15.3 Å². The second-order valence-electron chi connectivity index (χ2n) is 9.68. The first-order valence-corrected chi connectivity index (χ1v) is 12.2. The van der Waals surface area contributed by atoms with Crippen molar-refractivity contribution < 1.29 is 22.7 Å². The highest BCUT2D eigenvalue weighted by molar-refractivity contribution is 5.93. The van der Waals surface area contributed by atoms with Crippen LogP contribution in [0.5, 0.6) is 11.5 Å². The van der Waals surface area contributed by atoms with Gasteiger partial charge >= 0.3 is 0 Å². The van der Waals surface area contributed by atoms with E-state index in [0.717, 1.165) is 0 Å². The van der Waals surface area contributed by atoms with Crippen LogP contribution < -0.4 is 15.6 Å². The van der Waals surface area contributed by atoms with Crippen LogP contribution in [0.3, 0.4) is 0 Å². The van der Waals surface area contributed by atoms with Crippen molar-refractivity contribution in [1.29, 1.82) is 0 Å². The largest absolute Gasteiger partial charge is 0.455 e. The molecular weight excluding hydrogens is 499 g/mol. The summed E-state index contributed by atoms with van der Waals surface area (Å²) in [6, 6.07) is 9.41. The average molecular weight is 530 g/mol. The molecule has 1 fully saturated rings. The van der Waals surface area contributed by atoms with E-state index in [0.29, 0.717) is 29.2 Å². The molecule has 4 rings (SSSR count). The van der Waals surface area contributed by atoms with Gasteiger partial charge in [-0.1, -0.05) is 6.07 Å². The average Bonchev–Trinajstić information content (AvgIpc) is 2.86. The fourth-order valence-corrected chi connectivity index (χ4v) is 4.42. The quantitative estimate of drug-likeness (QED) is 0.454. The molecule has 0 aliphatic carbocycles. The van der Waals surface area contributed by atoms with Gasteiger partial charge in [0, 0.05) is 43.9 Å². The molecule has 3 aromatic rings. The van der Waals surface area contributed by atoms with Crippen molar-refractivity contribution in [3.63, 3.8) is 0 Å². The number of pyridine rings is 2. The molecular formula is C27H30F3N5O3. The van der Waals surface area contributed by atoms with Gasteiger partial charge in [-0.05, 0) is 56.9 Å². The number of anilines is 1. The summed E-state index contributed by atoms with van der Waals surface area (Å²) in [4.78, 5) is 34.5. The summed E-state index contributed by atoms with van der Waals surface area (Å²) in [6.45, 7) is 2.15. The van der Waals surface area contributed by atoms with Crippen LogP contribution in [0.15, 0.2) is 59.7 Å². The molecule has 1 aromatic carbocycles. The molecule has 0 radical (unpaired) electrons. The minimum Gasteiger partial charge on any atom is -0.455 e. The molecule has 3 heterocycles. The Hall–Kier alpha value is -3.70. The lowest BCUT2D eigenvalue weighted by atomic mass is 9.87. The Morgan fingerprint density at radius 3 is 2.71 bits per heavy atom. The maximum atomic E-state index is 14.7. The molecule has 2 atom stereocenters. The second kappa shape index (κ2) is 11.4. The van der Waals surface area contributed by atoms with E-state index in [1.807, 2.05) is 19.0 Å². The van der Waals surface area contributed by atoms with Crippen LogP contribution in [0.2, 0.25) is 0 Å². The summed E-state index contributed by atoms with van der Waals surface area (Å²) in [7, 11) is 3.74. The van der Waals surface area contributed by atoms with Crippen molar-refractivity contribution in [3.8, 4) is 11.5 Å². The maximum Gasteiger partial charge on any atom is 0.257 e. The lowest BCUT2D eigenvalue weighted by Crippen LogP contribution is -2.52. The summed E-state index contributed by atoms with van der Waals surface area (Å²) in [6.07, 6.45) is 2.34. The number of nitrogens with one attached hydrogen (secondary N) is 2. The molecule has 202 valence electrons. The summed E-state index contributed by atoms with van der Waals surface area (Å²) in [5.74, 6) is -3.68. The van der Waals surface area contributed by atoms with Crippen molar-refractivity contribution >= 4 is 11.7 Å². The van der Waals surface area contributed by atoms with Gasteiger partial charge in [-0.25, -0.2) is 18.2 Å². The Morgan fingerprint density at radius 1 is 1.26 bits per heavy atom. The van der Waals surface area contributed by atoms with Crippen LogP contribution in [-0.2, 0) is 11.3 Å². The molecule has 0 bridgehead atoms. The predicted molar refractivity (Wildman–Crippen MR) is 137 cm³/mol. The number of nitrogens with zero attached hydrogens (tertiary/aromatic N) is 3. The molecule has 2 aromatic heterocycles. The number of ether oxygens (including phenoxy) is 1. The number of likely N-dealkylation sites (tertiary alicyclic amines) is 1. The molecule has 2 N–H and O–H groups in total. The molecule has 1 aliphatic rings. The van der Waals surface area contributed by atoms with Gasteiger partial charge in [0.2, 0.25) is 11.5 Å². The van der Waals surface area contributed by atoms with Crippen LogP contribution in [0.4, 0.5) is 19.0 Å². The minimum atomic E-state index is -2.96. The van der Waals surface area contributed by atoms with Crippen LogP contribution >= 0.6 is 0 Å². The molecule has 8 nitrogen and oxygen atoms in total. The highest BCUT2D eigenvalue weighted by Crippen LogP contribution is 2.40. The Bertz CT molecular complexity index is 1310. The molecule has 0 spiro atoms. The van der Waals surface area contributed by atoms with Gasteiger partial charge in [-0.15, -0.1) is 0 Å². The molecule has 1 saturated heterocycles. The van der Waals surface area contributed by atoms with Gasteiger partial charge in [0.05, 0.1) is 18.2 Å². The summed E-state index contributed by atoms with van der Waals surface area (Å²) in [5.41, 5.74) is 0.626. The minimum absolute atomic E-state index is 0.0409. The number of halogens is 3. The number of carbonyl (C=O) groups excluding carboxylic acids is 1. The number of benzene rings is 1. The highest BCUT2D eigenvalue weighted by atomic mass is 19.3. The van der Waals surface area contributed by atoms with Gasteiger partial charge in [-0.2, -0.15) is 0 Å². The summed E-state index contributed by atoms with van der Waals surface area (Å²) >= 11 is 0. The highest BCUT2D eigenvalue weighted by Gasteiger charge is 2.46. The number of aromatic amines is 1. The number of hydrogen-bond acceptors (Lipinski definition) is 6. The van der Waals surface area contributed by atoms with E-state index in [1.165, 1.54) is 36.7 Å². The van der Waals surface area contributed by atoms with Gasteiger partial charge in [0.1, 0.15) is 23.1 Å². The molecule has 11 heteroatoms. The monoisotopic (exact) mass is 529 g/mol. The predicted octanol–water partition coefficient (Wildman–Crippen LogP) is 4.21. The Balaban J connectivity index is 1.39. The number of rotatable bonds is 8. The van der Waals surface area contributed by atoms with Crippen molar-refractivity contribution in [1.82, 2.24) is 19.8 Å². The summed E-state index contributed by atoms with van der Waals surface area (Å²) < 4.78 is 48.9. The van der Waals surface area contributed by atoms with Crippen molar-refractivity contribution in [2.24, 2.45) is 0 Å². The smallest absolute Gasteiger partial charge is 0.257 e. The van der Waals surface area contributed by atoms with Crippen LogP contribution in [0.1, 0.15) is 30.4 Å². The van der Waals surface area contributed by atoms with Gasteiger partial charge in [-0.3, -0.25) is 14.5 Å². The van der Waals surface area contributed by atoms with E-state index in [1.54, 1.807) is 30.0 Å². The van der Waals surface area contributed by atoms with E-state index >= 15 is 0 Å². The van der Waals surface area contributed by atoms with Gasteiger partial charge < -0.3 is 19.9 Å². The third-order valence-electron chi connectivity index (χ3n) is 6.52. The maximum absolute atomic E-state index is 14.7. The van der Waals surface area contributed by atoms with E-state index < -0.39 is 24.3 Å². The van der Waals surface area contributed by atoms with E-state index in [-0.39, 0.29) is 36.2 Å². The fraction of sp³-hybridized carbons (Fsp3) is 0.370. The normalized spacial score (nSPS) is 18.2. The number of hydrogen-bond donors (Lipinski definition) is 2. The van der Waals surface area contributed by atoms with Crippen molar-refractivity contribution in [3.05, 3.63) is 82.2 Å². The zero-order valence-corrected chi connectivity index (χ0v) is 21.4. The second-order valence-corrected chi connectivity index (χ2v) is 9.68. The number of aromatic nitrogens is 2. The van der Waals surface area contributed by atoms with Crippen LogP contribution in [0.25, 0.3) is 0 Å². The van der Waals surface area contributed by atoms with Gasteiger partial charge in [0.25, 0.3) is 5.92 Å². The van der Waals surface area contributed by atoms with E-state index in [9.17, 15) is 22.8 Å². The number of carbonyl (C=O) groups is 1. The lowest BCUT2D eigenvalue weighted by Gasteiger charge is -2.40. The molecule has 2 unspecified atom stereocenters. The third kappa shape index (κ3) is 6.59. The number of piperidine rings is 1. The van der Waals surface area contributed by atoms with Crippen molar-refractivity contribution in [2.45, 2.75) is 37.8 Å². The summed E-state index contributed by atoms with van der Waals surface area (Å²) in [5, 5.41) is 2.72. The SMILES string of the molecule is CC(C(=O)Nc1ccc(Oc2ccc(F)cc2CN(C)C)cn1)N1CCC(F)(F)C(c2ccc(=O)[nH]c2)C1. The lowest BCUT2D eigenvalue weighted by molar-refractivity contribution is -0.125. The Kier molecular flexibility index (Phi) is 8.17. The van der Waals surface area contributed by atoms with Crippen LogP contribution in [0, 0.1) is 5.82 Å². The molecule has 1 aliphatic heterocycles. The Labute approximate surface area is 218 Å². The standard InChI is InChI=1S/C27H30F3N5O3/c1-17(35-11-10-27(29,30)22(16-35)18-4-9-25(36)32-13-18)26(37)33-24-8-6-21(14-31-24)38-23-7-5-20(28)12-19(23)15-34(2)3/h4-9,12-14,17,22H,10-11,15-16H2,1-3H3,(H,32,36)(H,31,33,37). The zero-order valence-electron chi connectivity index (χ0n) is 21.4. The van der Waals surface area contributed by atoms with Crippen molar-refractivity contribution in [2.75, 3.05) is 32.5 Å². The fourth-order valence-electron chi connectivity index (χ4n) is 4.42. The van der Waals surface area contributed by atoms with Gasteiger partial charge in [0.15, 0.2) is 0 Å². The first-order chi connectivity index (χ1) is 18.0. The first kappa shape index (κ1) is 27.3. The molecule has 1 amide bonds. The molecule has 0 saturated carbocycles. The molecule has 38 heavy (non-hydrogen) atoms. The number of H-pyrrole nitrogens is 1. The topological polar surface area (TPSA) is 90.6 Å². The Morgan fingerprint density at radius 2 is 2.05 bits per heavy atom. The zero-order chi connectivity index (χ0) is 27.4. The third-order valence-corrected chi connectivity index (χ3v) is 6.52. The first-order valence-electron chi connectivity index (χ1n) is 12.2.